The number of primary amides is 1. The third-order valence-electron chi connectivity index (χ3n) is 7.60. The summed E-state index contributed by atoms with van der Waals surface area (Å²) in [5.74, 6) is -0.294. The zero-order valence-corrected chi connectivity index (χ0v) is 23.7. The van der Waals surface area contributed by atoms with Crippen LogP contribution in [0.25, 0.3) is 10.9 Å². The zero-order valence-electron chi connectivity index (χ0n) is 22.9. The van der Waals surface area contributed by atoms with Gasteiger partial charge in [0.1, 0.15) is 5.78 Å². The van der Waals surface area contributed by atoms with Crippen molar-refractivity contribution < 1.29 is 14.4 Å². The van der Waals surface area contributed by atoms with Crippen LogP contribution in [0.3, 0.4) is 0 Å². The van der Waals surface area contributed by atoms with Gasteiger partial charge in [-0.05, 0) is 48.9 Å². The fourth-order valence-corrected chi connectivity index (χ4v) is 6.93. The summed E-state index contributed by atoms with van der Waals surface area (Å²) in [6.07, 6.45) is 5.33. The molecule has 40 heavy (non-hydrogen) atoms. The lowest BCUT2D eigenvalue weighted by Crippen LogP contribution is -2.33. The summed E-state index contributed by atoms with van der Waals surface area (Å²) in [4.78, 5) is 45.1. The van der Waals surface area contributed by atoms with Crippen LogP contribution in [-0.2, 0) is 41.8 Å². The van der Waals surface area contributed by atoms with Crippen molar-refractivity contribution in [3.8, 4) is 0 Å². The molecular weight excluding hydrogens is 520 g/mol. The maximum Gasteiger partial charge on any atom is 0.250 e. The lowest BCUT2D eigenvalue weighted by Gasteiger charge is -2.27. The molecule has 0 saturated heterocycles. The van der Waals surface area contributed by atoms with E-state index in [1.807, 2.05) is 55.6 Å². The predicted molar refractivity (Wildman–Crippen MR) is 160 cm³/mol. The van der Waals surface area contributed by atoms with Gasteiger partial charge in [-0.1, -0.05) is 48.0 Å². The van der Waals surface area contributed by atoms with Gasteiger partial charge in [0.15, 0.2) is 0 Å². The van der Waals surface area contributed by atoms with Crippen LogP contribution in [0.5, 0.6) is 0 Å². The zero-order chi connectivity index (χ0) is 28.1. The van der Waals surface area contributed by atoms with E-state index in [-0.39, 0.29) is 18.1 Å². The molecule has 208 valence electrons. The lowest BCUT2D eigenvalue weighted by atomic mass is 9.98. The molecule has 0 atom stereocenters. The molecule has 1 aliphatic rings. The van der Waals surface area contributed by atoms with Crippen molar-refractivity contribution in [2.45, 2.75) is 52.0 Å². The van der Waals surface area contributed by atoms with E-state index in [2.05, 4.69) is 21.3 Å². The van der Waals surface area contributed by atoms with E-state index in [1.165, 1.54) is 5.39 Å². The van der Waals surface area contributed by atoms with Crippen molar-refractivity contribution in [2.75, 3.05) is 19.6 Å². The first kappa shape index (κ1) is 27.8. The minimum absolute atomic E-state index is 0.0653. The SMILES string of the molecule is Cc1ccc(CC(=O)Cc2sc3c(c2C(N)=O)CCN(CCCNC(=O)CCc2c[nH]c4ccccc24)C3)cc1. The molecule has 4 N–H and O–H groups in total. The standard InChI is InChI=1S/C32H36N4O3S/c1-21-7-9-22(10-8-21)17-24(37)18-28-31(32(33)39)26-13-16-36(20-29(26)40-28)15-4-14-34-30(38)12-11-23-19-35-27-6-3-2-5-25(23)27/h2-3,5-10,19,35H,4,11-18,20H2,1H3,(H2,33,39)(H,34,38). The van der Waals surface area contributed by atoms with Gasteiger partial charge < -0.3 is 16.0 Å². The quantitative estimate of drug-likeness (QED) is 0.224. The van der Waals surface area contributed by atoms with Crippen LogP contribution >= 0.6 is 11.3 Å². The Morgan fingerprint density at radius 3 is 2.67 bits per heavy atom. The van der Waals surface area contributed by atoms with Gasteiger partial charge in [-0.2, -0.15) is 0 Å². The first-order chi connectivity index (χ1) is 19.4. The van der Waals surface area contributed by atoms with Crippen LogP contribution < -0.4 is 11.1 Å². The molecule has 0 unspecified atom stereocenters. The van der Waals surface area contributed by atoms with Crippen LogP contribution in [0.15, 0.2) is 54.7 Å². The summed E-state index contributed by atoms with van der Waals surface area (Å²) in [7, 11) is 0. The van der Waals surface area contributed by atoms with E-state index in [9.17, 15) is 14.4 Å². The van der Waals surface area contributed by atoms with E-state index in [1.54, 1.807) is 11.3 Å². The monoisotopic (exact) mass is 556 g/mol. The number of ketones is 1. The smallest absolute Gasteiger partial charge is 0.250 e. The molecule has 0 bridgehead atoms. The summed E-state index contributed by atoms with van der Waals surface area (Å²) in [5.41, 5.74) is 11.7. The number of thiophene rings is 1. The number of carbonyl (C=O) groups excluding carboxylic acids is 3. The number of benzene rings is 2. The summed E-state index contributed by atoms with van der Waals surface area (Å²) in [6, 6.07) is 16.1. The van der Waals surface area contributed by atoms with E-state index in [0.717, 1.165) is 70.0 Å². The number of hydrogen-bond acceptors (Lipinski definition) is 5. The molecule has 2 amide bonds. The highest BCUT2D eigenvalue weighted by atomic mass is 32.1. The van der Waals surface area contributed by atoms with Gasteiger partial charge in [0.05, 0.1) is 5.56 Å². The number of rotatable bonds is 12. The highest BCUT2D eigenvalue weighted by Gasteiger charge is 2.27. The van der Waals surface area contributed by atoms with Crippen LogP contribution in [-0.4, -0.2) is 47.1 Å². The maximum absolute atomic E-state index is 12.8. The molecule has 5 rings (SSSR count). The molecule has 0 saturated carbocycles. The number of H-pyrrole nitrogens is 1. The first-order valence-corrected chi connectivity index (χ1v) is 14.7. The average molecular weight is 557 g/mol. The summed E-state index contributed by atoms with van der Waals surface area (Å²) in [6.45, 7) is 5.07. The van der Waals surface area contributed by atoms with Crippen molar-refractivity contribution in [1.82, 2.24) is 15.2 Å². The Hall–Kier alpha value is -3.75. The minimum Gasteiger partial charge on any atom is -0.366 e. The predicted octanol–water partition coefficient (Wildman–Crippen LogP) is 4.49. The highest BCUT2D eigenvalue weighted by Crippen LogP contribution is 2.34. The summed E-state index contributed by atoms with van der Waals surface area (Å²) in [5, 5.41) is 4.23. The van der Waals surface area contributed by atoms with E-state index >= 15 is 0 Å². The van der Waals surface area contributed by atoms with Crippen LogP contribution in [0.4, 0.5) is 0 Å². The lowest BCUT2D eigenvalue weighted by molar-refractivity contribution is -0.121. The average Bonchev–Trinajstić information content (AvgIpc) is 3.51. The molecule has 8 heteroatoms. The fourth-order valence-electron chi connectivity index (χ4n) is 5.50. The van der Waals surface area contributed by atoms with Crippen molar-refractivity contribution >= 4 is 39.8 Å². The number of aromatic amines is 1. The number of aryl methyl sites for hydroxylation is 2. The topological polar surface area (TPSA) is 108 Å². The Morgan fingerprint density at radius 2 is 1.88 bits per heavy atom. The van der Waals surface area contributed by atoms with Crippen LogP contribution in [0.1, 0.15) is 55.2 Å². The Labute approximate surface area is 238 Å². The molecule has 7 nitrogen and oxygen atoms in total. The number of nitrogens with zero attached hydrogens (tertiary/aromatic N) is 1. The fraction of sp³-hybridized carbons (Fsp3) is 0.344. The number of hydrogen-bond donors (Lipinski definition) is 3. The van der Waals surface area contributed by atoms with Crippen molar-refractivity contribution in [3.05, 3.63) is 92.3 Å². The van der Waals surface area contributed by atoms with E-state index in [0.29, 0.717) is 31.4 Å². The number of carbonyl (C=O) groups is 3. The summed E-state index contributed by atoms with van der Waals surface area (Å²) >= 11 is 1.55. The van der Waals surface area contributed by atoms with Gasteiger partial charge in [0.2, 0.25) is 11.8 Å². The van der Waals surface area contributed by atoms with Gasteiger partial charge in [0.25, 0.3) is 0 Å². The number of amides is 2. The van der Waals surface area contributed by atoms with Gasteiger partial charge in [-0.25, -0.2) is 0 Å². The summed E-state index contributed by atoms with van der Waals surface area (Å²) < 4.78 is 0. The normalized spacial score (nSPS) is 13.3. The number of nitrogens with one attached hydrogen (secondary N) is 2. The van der Waals surface area contributed by atoms with E-state index < -0.39 is 5.91 Å². The van der Waals surface area contributed by atoms with Gasteiger partial charge in [-0.3, -0.25) is 19.3 Å². The highest BCUT2D eigenvalue weighted by molar-refractivity contribution is 7.12. The first-order valence-electron chi connectivity index (χ1n) is 13.9. The van der Waals surface area contributed by atoms with Gasteiger partial charge >= 0.3 is 0 Å². The maximum atomic E-state index is 12.8. The Kier molecular flexibility index (Phi) is 8.77. The molecular formula is C32H36N4O3S. The largest absolute Gasteiger partial charge is 0.366 e. The van der Waals surface area contributed by atoms with E-state index in [4.69, 9.17) is 5.73 Å². The molecule has 2 aromatic carbocycles. The molecule has 4 aromatic rings. The second-order valence-corrected chi connectivity index (χ2v) is 11.8. The Morgan fingerprint density at radius 1 is 1.07 bits per heavy atom. The molecule has 0 radical (unpaired) electrons. The minimum atomic E-state index is -0.445. The molecule has 0 fully saturated rings. The molecule has 1 aliphatic heterocycles. The second-order valence-electron chi connectivity index (χ2n) is 10.6. The molecule has 0 spiro atoms. The van der Waals surface area contributed by atoms with Crippen molar-refractivity contribution in [1.29, 1.82) is 0 Å². The van der Waals surface area contributed by atoms with Crippen LogP contribution in [0, 0.1) is 6.92 Å². The number of nitrogens with two attached hydrogens (primary N) is 1. The molecule has 2 aromatic heterocycles. The number of aromatic nitrogens is 1. The Balaban J connectivity index is 1.09. The number of fused-ring (bicyclic) bond motifs is 2. The number of Topliss-reactive ketones (excluding diaryl/α,β-unsaturated/α-hetero) is 1. The van der Waals surface area contributed by atoms with Crippen molar-refractivity contribution in [3.63, 3.8) is 0 Å². The molecule has 0 aliphatic carbocycles. The second kappa shape index (κ2) is 12.6. The Bertz CT molecular complexity index is 1520. The van der Waals surface area contributed by atoms with Crippen molar-refractivity contribution in [2.24, 2.45) is 5.73 Å². The third kappa shape index (κ3) is 6.69. The molecule has 3 heterocycles. The van der Waals surface area contributed by atoms with Gasteiger partial charge in [-0.15, -0.1) is 11.3 Å². The van der Waals surface area contributed by atoms with Crippen LogP contribution in [0.2, 0.25) is 0 Å². The third-order valence-corrected chi connectivity index (χ3v) is 8.82. The number of para-hydroxylation sites is 1. The van der Waals surface area contributed by atoms with Gasteiger partial charge in [0, 0.05) is 72.3 Å².